The summed E-state index contributed by atoms with van der Waals surface area (Å²) in [5.41, 5.74) is 7.08. The summed E-state index contributed by atoms with van der Waals surface area (Å²) in [4.78, 5) is 8.44. The maximum absolute atomic E-state index is 4.22. The van der Waals surface area contributed by atoms with Crippen LogP contribution in [0.1, 0.15) is 0 Å². The molecule has 192 valence electrons. The molecule has 39 heavy (non-hydrogen) atoms. The molecular weight excluding hydrogens is 657 g/mol. The van der Waals surface area contributed by atoms with Gasteiger partial charge in [-0.05, 0) is 55.5 Å². The number of para-hydroxylation sites is 2. The van der Waals surface area contributed by atoms with Gasteiger partial charge in [0.25, 0.3) is 0 Å². The molecule has 4 nitrogen and oxygen atoms in total. The van der Waals surface area contributed by atoms with E-state index >= 15 is 0 Å². The van der Waals surface area contributed by atoms with E-state index < -0.39 is 0 Å². The van der Waals surface area contributed by atoms with Gasteiger partial charge in [-0.3, -0.25) is 0 Å². The molecule has 0 saturated carbocycles. The van der Waals surface area contributed by atoms with Gasteiger partial charge >= 0.3 is 20.1 Å². The topological polar surface area (TPSA) is 23.8 Å². The van der Waals surface area contributed by atoms with Gasteiger partial charge in [0.1, 0.15) is 0 Å². The first kappa shape index (κ1) is 26.4. The van der Waals surface area contributed by atoms with Crippen LogP contribution in [0.3, 0.4) is 0 Å². The fraction of sp³-hybridized carbons (Fsp3) is 0.0294. The van der Waals surface area contributed by atoms with E-state index in [0.29, 0.717) is 0 Å². The summed E-state index contributed by atoms with van der Waals surface area (Å²) in [7, 11) is 2.04. The van der Waals surface area contributed by atoms with Gasteiger partial charge in [0.15, 0.2) is 0 Å². The maximum atomic E-state index is 4.22. The van der Waals surface area contributed by atoms with E-state index in [1.54, 1.807) is 6.20 Å². The van der Waals surface area contributed by atoms with Crippen molar-refractivity contribution in [2.24, 2.45) is 0 Å². The Labute approximate surface area is 242 Å². The quantitative estimate of drug-likeness (QED) is 0.172. The van der Waals surface area contributed by atoms with Crippen molar-refractivity contribution in [3.63, 3.8) is 0 Å². The molecule has 0 fully saturated rings. The van der Waals surface area contributed by atoms with Crippen LogP contribution in [0.5, 0.6) is 0 Å². The van der Waals surface area contributed by atoms with Gasteiger partial charge < -0.3 is 26.6 Å². The third kappa shape index (κ3) is 4.54. The van der Waals surface area contributed by atoms with Crippen molar-refractivity contribution in [2.75, 3.05) is 11.9 Å². The minimum atomic E-state index is 0. The molecular formula is C34H27IrN4. The molecule has 0 saturated heterocycles. The molecule has 4 heterocycles. The third-order valence-electron chi connectivity index (χ3n) is 6.92. The van der Waals surface area contributed by atoms with Crippen LogP contribution in [-0.2, 0) is 20.1 Å². The molecule has 1 aliphatic rings. The van der Waals surface area contributed by atoms with E-state index in [4.69, 9.17) is 0 Å². The third-order valence-corrected chi connectivity index (χ3v) is 6.92. The fourth-order valence-electron chi connectivity index (χ4n) is 5.26. The fourth-order valence-corrected chi connectivity index (χ4v) is 5.26. The van der Waals surface area contributed by atoms with Crippen molar-refractivity contribution in [3.8, 4) is 11.3 Å². The van der Waals surface area contributed by atoms with Crippen LogP contribution in [0, 0.1) is 20.2 Å². The average Bonchev–Trinajstić information content (AvgIpc) is 3.65. The van der Waals surface area contributed by atoms with Gasteiger partial charge in [-0.2, -0.15) is 6.67 Å². The summed E-state index contributed by atoms with van der Waals surface area (Å²) in [6, 6.07) is 38.9. The Bertz CT molecular complexity index is 1840. The van der Waals surface area contributed by atoms with Crippen molar-refractivity contribution in [2.45, 2.75) is 0 Å². The summed E-state index contributed by atoms with van der Waals surface area (Å²) in [5, 5.41) is 5.28. The molecule has 3 aromatic heterocycles. The number of pyridine rings is 1. The number of hydrogen-bond donors (Lipinski definition) is 0. The van der Waals surface area contributed by atoms with E-state index in [1.807, 2.05) is 49.5 Å². The van der Waals surface area contributed by atoms with E-state index in [9.17, 15) is 0 Å². The Hall–Kier alpha value is -4.18. The molecule has 7 aromatic rings. The molecule has 8 rings (SSSR count). The molecule has 1 aliphatic heterocycles. The Morgan fingerprint density at radius 2 is 1.46 bits per heavy atom. The predicted octanol–water partition coefficient (Wildman–Crippen LogP) is 8.18. The zero-order valence-electron chi connectivity index (χ0n) is 21.7. The van der Waals surface area contributed by atoms with Gasteiger partial charge in [-0.15, -0.1) is 35.9 Å². The second kappa shape index (κ2) is 10.9. The molecule has 0 bridgehead atoms. The number of anilines is 1. The normalized spacial score (nSPS) is 12.5. The van der Waals surface area contributed by atoms with Gasteiger partial charge in [0, 0.05) is 33.4 Å². The summed E-state index contributed by atoms with van der Waals surface area (Å²) in [6.45, 7) is 2.09. The van der Waals surface area contributed by atoms with Crippen LogP contribution < -0.4 is 4.90 Å². The van der Waals surface area contributed by atoms with Crippen LogP contribution in [-0.4, -0.2) is 21.3 Å². The number of rotatable bonds is 2. The number of fused-ring (bicyclic) bond motifs is 6. The van der Waals surface area contributed by atoms with E-state index in [2.05, 4.69) is 105 Å². The Balaban J connectivity index is 0.000000188. The SMILES string of the molecule is CN1C=CN(c2ccc3c(c2)c2cccc4c5ccccc5n3c42)[CH-]1.[CH3-].[Ir+3].[c-]1ccccc1-c1ccccn1. The molecule has 0 spiro atoms. The van der Waals surface area contributed by atoms with Gasteiger partial charge in [-0.1, -0.05) is 48.5 Å². The largest absolute Gasteiger partial charge is 3.00 e. The first-order valence-corrected chi connectivity index (χ1v) is 12.4. The monoisotopic (exact) mass is 684 g/mol. The number of nitrogens with zero attached hydrogens (tertiary/aromatic N) is 4. The first-order chi connectivity index (χ1) is 18.3. The molecule has 0 aliphatic carbocycles. The summed E-state index contributed by atoms with van der Waals surface area (Å²) < 4.78 is 2.41. The summed E-state index contributed by atoms with van der Waals surface area (Å²) in [5.74, 6) is 0. The zero-order chi connectivity index (χ0) is 24.8. The number of benzene rings is 4. The van der Waals surface area contributed by atoms with Gasteiger partial charge in [0.05, 0.1) is 16.6 Å². The van der Waals surface area contributed by atoms with Crippen molar-refractivity contribution in [1.82, 2.24) is 14.3 Å². The van der Waals surface area contributed by atoms with Gasteiger partial charge in [0.2, 0.25) is 0 Å². The van der Waals surface area contributed by atoms with Crippen LogP contribution >= 0.6 is 0 Å². The molecule has 0 N–H and O–H groups in total. The van der Waals surface area contributed by atoms with Crippen LogP contribution in [0.2, 0.25) is 0 Å². The molecule has 0 radical (unpaired) electrons. The minimum Gasteiger partial charge on any atom is -0.510 e. The van der Waals surface area contributed by atoms with Crippen LogP contribution in [0.4, 0.5) is 5.69 Å². The second-order valence-corrected chi connectivity index (χ2v) is 9.23. The van der Waals surface area contributed by atoms with E-state index in [0.717, 1.165) is 11.3 Å². The molecule has 0 atom stereocenters. The van der Waals surface area contributed by atoms with Crippen LogP contribution in [0.25, 0.3) is 49.4 Å². The summed E-state index contributed by atoms with van der Waals surface area (Å²) in [6.07, 6.45) is 5.94. The van der Waals surface area contributed by atoms with Crippen molar-refractivity contribution >= 4 is 43.8 Å². The zero-order valence-corrected chi connectivity index (χ0v) is 24.1. The predicted molar refractivity (Wildman–Crippen MR) is 160 cm³/mol. The van der Waals surface area contributed by atoms with E-state index in [1.165, 1.54) is 43.8 Å². The van der Waals surface area contributed by atoms with E-state index in [-0.39, 0.29) is 27.5 Å². The van der Waals surface area contributed by atoms with Crippen molar-refractivity contribution < 1.29 is 20.1 Å². The smallest absolute Gasteiger partial charge is 0.510 e. The Kier molecular flexibility index (Phi) is 7.38. The first-order valence-electron chi connectivity index (χ1n) is 12.4. The van der Waals surface area contributed by atoms with Crippen LogP contribution in [0.15, 0.2) is 122 Å². The molecule has 5 heteroatoms. The van der Waals surface area contributed by atoms with Gasteiger partial charge in [-0.25, -0.2) is 0 Å². The average molecular weight is 684 g/mol. The minimum absolute atomic E-state index is 0. The van der Waals surface area contributed by atoms with Crippen molar-refractivity contribution in [3.05, 3.63) is 142 Å². The number of aromatic nitrogens is 2. The standard InChI is InChI=1S/C22H16N3.C11H8N.CH3.Ir/c1-23-11-12-24(14-23)15-9-10-21-19(13-15)18-7-4-6-17-16-5-2-3-8-20(16)25(21)22(17)18;1-2-6-10(7-3-1)11-8-4-5-9-12-11;;/h2-14H,1H3;1-6,8-9H;1H3;/q3*-1;+3. The maximum Gasteiger partial charge on any atom is 3.00 e. The second-order valence-electron chi connectivity index (χ2n) is 9.23. The molecule has 0 amide bonds. The Morgan fingerprint density at radius 1 is 0.718 bits per heavy atom. The number of hydrogen-bond acceptors (Lipinski definition) is 3. The Morgan fingerprint density at radius 3 is 2.21 bits per heavy atom. The molecule has 4 aromatic carbocycles. The molecule has 0 unspecified atom stereocenters. The van der Waals surface area contributed by atoms with Crippen molar-refractivity contribution in [1.29, 1.82) is 0 Å². The summed E-state index contributed by atoms with van der Waals surface area (Å²) >= 11 is 0.